The topological polar surface area (TPSA) is 84.0 Å². The Hall–Kier alpha value is -2.02. The summed E-state index contributed by atoms with van der Waals surface area (Å²) in [6.07, 6.45) is 5.76. The molecule has 0 bridgehead atoms. The molecule has 2 fully saturated rings. The van der Waals surface area contributed by atoms with E-state index in [2.05, 4.69) is 26.3 Å². The summed E-state index contributed by atoms with van der Waals surface area (Å²) in [4.78, 5) is 24.7. The van der Waals surface area contributed by atoms with Crippen LogP contribution in [0.3, 0.4) is 0 Å². The summed E-state index contributed by atoms with van der Waals surface area (Å²) >= 11 is 1.15. The highest BCUT2D eigenvalue weighted by Gasteiger charge is 2.40. The molecule has 138 valence electrons. The summed E-state index contributed by atoms with van der Waals surface area (Å²) < 4.78 is 8.37. The molecular weight excluding hydrogens is 348 g/mol. The standard InChI is InChI=1S/C19H24N4O2S/c1-2-3-11-9-18(24)21-16-10-13(5-6-14(11)16)20-19(25)12-4-7-15-17(8-12)23-26-22-15/h4,7-8,11,13-14,16H,2-3,5-6,9-10H2,1H3,(H,20,25)(H,21,24). The molecule has 0 radical (unpaired) electrons. The normalized spacial score (nSPS) is 28.4. The van der Waals surface area contributed by atoms with Crippen LogP contribution >= 0.6 is 11.7 Å². The van der Waals surface area contributed by atoms with Crippen LogP contribution in [-0.4, -0.2) is 32.6 Å². The van der Waals surface area contributed by atoms with Gasteiger partial charge in [-0.05, 0) is 55.7 Å². The van der Waals surface area contributed by atoms with E-state index < -0.39 is 0 Å². The van der Waals surface area contributed by atoms with Crippen molar-refractivity contribution in [2.45, 2.75) is 57.5 Å². The zero-order chi connectivity index (χ0) is 18.1. The van der Waals surface area contributed by atoms with Gasteiger partial charge in [-0.3, -0.25) is 9.59 Å². The van der Waals surface area contributed by atoms with Gasteiger partial charge in [-0.2, -0.15) is 8.75 Å². The van der Waals surface area contributed by atoms with Gasteiger partial charge in [-0.15, -0.1) is 0 Å². The molecule has 2 aliphatic rings. The molecule has 6 nitrogen and oxygen atoms in total. The molecule has 0 spiro atoms. The number of carbonyl (C=O) groups excluding carboxylic acids is 2. The van der Waals surface area contributed by atoms with E-state index in [0.717, 1.165) is 54.9 Å². The van der Waals surface area contributed by atoms with E-state index in [9.17, 15) is 9.59 Å². The number of piperidine rings is 1. The Morgan fingerprint density at radius 3 is 3.00 bits per heavy atom. The Labute approximate surface area is 157 Å². The molecule has 2 amide bonds. The lowest BCUT2D eigenvalue weighted by molar-refractivity contribution is -0.127. The van der Waals surface area contributed by atoms with Gasteiger partial charge in [0, 0.05) is 24.1 Å². The number of aromatic nitrogens is 2. The number of carbonyl (C=O) groups is 2. The van der Waals surface area contributed by atoms with E-state index in [1.807, 2.05) is 6.07 Å². The summed E-state index contributed by atoms with van der Waals surface area (Å²) in [5, 5.41) is 6.32. The molecule has 1 saturated heterocycles. The minimum Gasteiger partial charge on any atom is -0.353 e. The van der Waals surface area contributed by atoms with Gasteiger partial charge in [0.1, 0.15) is 11.0 Å². The molecule has 7 heteroatoms. The molecule has 1 saturated carbocycles. The van der Waals surface area contributed by atoms with Crippen LogP contribution in [0.2, 0.25) is 0 Å². The van der Waals surface area contributed by atoms with Crippen LogP contribution in [-0.2, 0) is 4.79 Å². The second-order valence-corrected chi connectivity index (χ2v) is 8.07. The van der Waals surface area contributed by atoms with Crippen molar-refractivity contribution < 1.29 is 9.59 Å². The molecule has 4 atom stereocenters. The lowest BCUT2D eigenvalue weighted by Crippen LogP contribution is -2.55. The van der Waals surface area contributed by atoms with Gasteiger partial charge in [-0.25, -0.2) is 0 Å². The SMILES string of the molecule is CCCC1CC(=O)NC2CC(NC(=O)c3ccc4nsnc4c3)CCC12. The fraction of sp³-hybridized carbons (Fsp3) is 0.579. The maximum Gasteiger partial charge on any atom is 0.251 e. The Morgan fingerprint density at radius 2 is 2.15 bits per heavy atom. The van der Waals surface area contributed by atoms with Crippen LogP contribution in [0.15, 0.2) is 18.2 Å². The average Bonchev–Trinajstić information content (AvgIpc) is 3.09. The van der Waals surface area contributed by atoms with Gasteiger partial charge in [0.05, 0.1) is 11.7 Å². The van der Waals surface area contributed by atoms with Crippen LogP contribution in [0.25, 0.3) is 11.0 Å². The first-order valence-electron chi connectivity index (χ1n) is 9.46. The Balaban J connectivity index is 1.41. The quantitative estimate of drug-likeness (QED) is 0.864. The first kappa shape index (κ1) is 17.4. The molecule has 4 rings (SSSR count). The van der Waals surface area contributed by atoms with Crippen molar-refractivity contribution in [3.8, 4) is 0 Å². The third kappa shape index (κ3) is 3.45. The van der Waals surface area contributed by atoms with Gasteiger partial charge in [0.2, 0.25) is 5.91 Å². The van der Waals surface area contributed by atoms with E-state index in [1.165, 1.54) is 0 Å². The van der Waals surface area contributed by atoms with Crippen molar-refractivity contribution in [3.05, 3.63) is 23.8 Å². The highest BCUT2D eigenvalue weighted by molar-refractivity contribution is 7.00. The summed E-state index contributed by atoms with van der Waals surface area (Å²) in [6.45, 7) is 2.18. The number of fused-ring (bicyclic) bond motifs is 2. The van der Waals surface area contributed by atoms with E-state index in [4.69, 9.17) is 0 Å². The van der Waals surface area contributed by atoms with Crippen LogP contribution in [0.4, 0.5) is 0 Å². The number of amides is 2. The van der Waals surface area contributed by atoms with E-state index in [0.29, 0.717) is 23.8 Å². The summed E-state index contributed by atoms with van der Waals surface area (Å²) in [7, 11) is 0. The van der Waals surface area contributed by atoms with E-state index in [1.54, 1.807) is 12.1 Å². The highest BCUT2D eigenvalue weighted by atomic mass is 32.1. The lowest BCUT2D eigenvalue weighted by atomic mass is 9.70. The first-order valence-corrected chi connectivity index (χ1v) is 10.2. The van der Waals surface area contributed by atoms with Gasteiger partial charge in [0.15, 0.2) is 0 Å². The summed E-state index contributed by atoms with van der Waals surface area (Å²) in [5.74, 6) is 1.14. The van der Waals surface area contributed by atoms with Gasteiger partial charge < -0.3 is 10.6 Å². The second-order valence-electron chi connectivity index (χ2n) is 7.54. The summed E-state index contributed by atoms with van der Waals surface area (Å²) in [5.41, 5.74) is 2.19. The third-order valence-electron chi connectivity index (χ3n) is 5.81. The number of nitrogens with one attached hydrogen (secondary N) is 2. The summed E-state index contributed by atoms with van der Waals surface area (Å²) in [6, 6.07) is 5.72. The number of nitrogens with zero attached hydrogens (tertiary/aromatic N) is 2. The predicted molar refractivity (Wildman–Crippen MR) is 101 cm³/mol. The van der Waals surface area contributed by atoms with Crippen molar-refractivity contribution in [2.75, 3.05) is 0 Å². The molecule has 4 unspecified atom stereocenters. The van der Waals surface area contributed by atoms with Gasteiger partial charge in [-0.1, -0.05) is 13.3 Å². The number of rotatable bonds is 4. The fourth-order valence-electron chi connectivity index (χ4n) is 4.59. The number of hydrogen-bond acceptors (Lipinski definition) is 5. The second kappa shape index (κ2) is 7.31. The molecular formula is C19H24N4O2S. The van der Waals surface area contributed by atoms with E-state index in [-0.39, 0.29) is 23.9 Å². The van der Waals surface area contributed by atoms with Crippen LogP contribution < -0.4 is 10.6 Å². The maximum absolute atomic E-state index is 12.6. The largest absolute Gasteiger partial charge is 0.353 e. The minimum atomic E-state index is -0.0735. The van der Waals surface area contributed by atoms with Crippen molar-refractivity contribution >= 4 is 34.6 Å². The Kier molecular flexibility index (Phi) is 4.89. The molecule has 2 heterocycles. The van der Waals surface area contributed by atoms with Crippen molar-refractivity contribution in [1.82, 2.24) is 19.4 Å². The minimum absolute atomic E-state index is 0.0735. The molecule has 1 aliphatic carbocycles. The van der Waals surface area contributed by atoms with Crippen LogP contribution in [0.5, 0.6) is 0 Å². The van der Waals surface area contributed by atoms with Crippen LogP contribution in [0.1, 0.15) is 55.8 Å². The van der Waals surface area contributed by atoms with Crippen molar-refractivity contribution in [2.24, 2.45) is 11.8 Å². The zero-order valence-electron chi connectivity index (χ0n) is 14.9. The monoisotopic (exact) mass is 372 g/mol. The van der Waals surface area contributed by atoms with Crippen molar-refractivity contribution in [1.29, 1.82) is 0 Å². The van der Waals surface area contributed by atoms with Gasteiger partial charge in [0.25, 0.3) is 5.91 Å². The smallest absolute Gasteiger partial charge is 0.251 e. The average molecular weight is 372 g/mol. The lowest BCUT2D eigenvalue weighted by Gasteiger charge is -2.44. The maximum atomic E-state index is 12.6. The number of benzene rings is 1. The predicted octanol–water partition coefficient (Wildman–Crippen LogP) is 2.89. The molecule has 26 heavy (non-hydrogen) atoms. The number of hydrogen-bond donors (Lipinski definition) is 2. The zero-order valence-corrected chi connectivity index (χ0v) is 15.7. The molecule has 2 aromatic rings. The van der Waals surface area contributed by atoms with E-state index >= 15 is 0 Å². The van der Waals surface area contributed by atoms with Crippen LogP contribution in [0, 0.1) is 11.8 Å². The Morgan fingerprint density at radius 1 is 1.31 bits per heavy atom. The molecule has 1 aliphatic heterocycles. The first-order chi connectivity index (χ1) is 12.6. The third-order valence-corrected chi connectivity index (χ3v) is 6.37. The van der Waals surface area contributed by atoms with Crippen molar-refractivity contribution in [3.63, 3.8) is 0 Å². The Bertz CT molecular complexity index is 821. The highest BCUT2D eigenvalue weighted by Crippen LogP contribution is 2.37. The fourth-order valence-corrected chi connectivity index (χ4v) is 5.11. The molecule has 1 aromatic heterocycles. The van der Waals surface area contributed by atoms with Gasteiger partial charge >= 0.3 is 0 Å². The molecule has 2 N–H and O–H groups in total. The molecule has 1 aromatic carbocycles.